The lowest BCUT2D eigenvalue weighted by molar-refractivity contribution is 0.00910. The predicted molar refractivity (Wildman–Crippen MR) is 75.3 cm³/mol. The molecule has 114 valence electrons. The molecular formula is C14H20N4O3. The van der Waals surface area contributed by atoms with Crippen molar-refractivity contribution in [1.29, 1.82) is 0 Å². The summed E-state index contributed by atoms with van der Waals surface area (Å²) in [6, 6.07) is 3.87. The van der Waals surface area contributed by atoms with Crippen molar-refractivity contribution >= 4 is 0 Å². The van der Waals surface area contributed by atoms with Crippen LogP contribution in [0.25, 0.3) is 11.7 Å². The molecular weight excluding hydrogens is 272 g/mol. The summed E-state index contributed by atoms with van der Waals surface area (Å²) in [6.07, 6.45) is 3.81. The Bertz CT molecular complexity index is 554. The Morgan fingerprint density at radius 3 is 3.14 bits per heavy atom. The van der Waals surface area contributed by atoms with Crippen LogP contribution in [-0.4, -0.2) is 47.4 Å². The Balaban J connectivity index is 1.66. The van der Waals surface area contributed by atoms with Gasteiger partial charge >= 0.3 is 0 Å². The number of likely N-dealkylation sites (tertiary alicyclic amines) is 1. The van der Waals surface area contributed by atoms with Crippen molar-refractivity contribution in [3.8, 4) is 11.7 Å². The summed E-state index contributed by atoms with van der Waals surface area (Å²) in [5.74, 6) is 1.64. The maximum Gasteiger partial charge on any atom is 0.293 e. The van der Waals surface area contributed by atoms with Crippen LogP contribution in [0.3, 0.4) is 0 Å². The molecule has 0 radical (unpaired) electrons. The van der Waals surface area contributed by atoms with Crippen LogP contribution in [0.5, 0.6) is 0 Å². The maximum absolute atomic E-state index is 5.87. The van der Waals surface area contributed by atoms with E-state index in [0.29, 0.717) is 36.7 Å². The number of ether oxygens (including phenoxy) is 1. The number of nitrogens with two attached hydrogens (primary N) is 1. The fourth-order valence-corrected chi connectivity index (χ4v) is 2.73. The zero-order valence-corrected chi connectivity index (χ0v) is 12.1. The summed E-state index contributed by atoms with van der Waals surface area (Å²) >= 11 is 0. The number of rotatable bonds is 5. The van der Waals surface area contributed by atoms with Crippen LogP contribution in [0, 0.1) is 0 Å². The number of aromatic nitrogens is 2. The predicted octanol–water partition coefficient (Wildman–Crippen LogP) is 1.27. The van der Waals surface area contributed by atoms with Crippen molar-refractivity contribution in [1.82, 2.24) is 15.0 Å². The Hall–Kier alpha value is -1.70. The summed E-state index contributed by atoms with van der Waals surface area (Å²) in [5, 5.41) is 4.01. The summed E-state index contributed by atoms with van der Waals surface area (Å²) in [5.41, 5.74) is 5.87. The van der Waals surface area contributed by atoms with Gasteiger partial charge in [0.05, 0.1) is 18.9 Å². The molecule has 0 bridgehead atoms. The third kappa shape index (κ3) is 3.15. The largest absolute Gasteiger partial charge is 0.459 e. The highest BCUT2D eigenvalue weighted by Gasteiger charge is 2.28. The lowest BCUT2D eigenvalue weighted by Crippen LogP contribution is -2.48. The van der Waals surface area contributed by atoms with Crippen molar-refractivity contribution in [3.05, 3.63) is 24.2 Å². The standard InChI is InChI=1S/C14H20N4O3/c1-19-11-4-5-18(10(7-11)8-15)9-13-16-14(21-17-13)12-3-2-6-20-12/h2-3,6,10-11H,4-5,7-9,15H2,1H3. The highest BCUT2D eigenvalue weighted by atomic mass is 16.5. The van der Waals surface area contributed by atoms with Crippen molar-refractivity contribution in [2.75, 3.05) is 20.2 Å². The van der Waals surface area contributed by atoms with Gasteiger partial charge in [-0.3, -0.25) is 4.90 Å². The molecule has 7 nitrogen and oxygen atoms in total. The van der Waals surface area contributed by atoms with Gasteiger partial charge in [-0.05, 0) is 25.0 Å². The Morgan fingerprint density at radius 2 is 2.43 bits per heavy atom. The fraction of sp³-hybridized carbons (Fsp3) is 0.571. The average Bonchev–Trinajstić information content (AvgIpc) is 3.18. The van der Waals surface area contributed by atoms with Crippen molar-refractivity contribution in [2.24, 2.45) is 5.73 Å². The molecule has 0 saturated carbocycles. The molecule has 2 unspecified atom stereocenters. The second-order valence-electron chi connectivity index (χ2n) is 5.24. The SMILES string of the molecule is COC1CCN(Cc2noc(-c3ccco3)n2)C(CN)C1. The number of piperidine rings is 1. The summed E-state index contributed by atoms with van der Waals surface area (Å²) < 4.78 is 15.9. The van der Waals surface area contributed by atoms with Gasteiger partial charge in [0, 0.05) is 26.2 Å². The lowest BCUT2D eigenvalue weighted by Gasteiger charge is -2.37. The van der Waals surface area contributed by atoms with Crippen LogP contribution < -0.4 is 5.73 Å². The van der Waals surface area contributed by atoms with Crippen LogP contribution >= 0.6 is 0 Å². The second kappa shape index (κ2) is 6.38. The fourth-order valence-electron chi connectivity index (χ4n) is 2.73. The van der Waals surface area contributed by atoms with Gasteiger partial charge in [0.2, 0.25) is 0 Å². The van der Waals surface area contributed by atoms with Crippen LogP contribution in [0.2, 0.25) is 0 Å². The molecule has 1 saturated heterocycles. The molecule has 1 aliphatic heterocycles. The highest BCUT2D eigenvalue weighted by Crippen LogP contribution is 2.22. The van der Waals surface area contributed by atoms with Gasteiger partial charge in [-0.15, -0.1) is 0 Å². The molecule has 2 aromatic rings. The van der Waals surface area contributed by atoms with E-state index in [2.05, 4.69) is 15.0 Å². The minimum atomic E-state index is 0.286. The van der Waals surface area contributed by atoms with E-state index in [1.807, 2.05) is 0 Å². The molecule has 3 rings (SSSR count). The molecule has 2 N–H and O–H groups in total. The van der Waals surface area contributed by atoms with E-state index in [1.54, 1.807) is 25.5 Å². The molecule has 2 aromatic heterocycles. The smallest absolute Gasteiger partial charge is 0.293 e. The van der Waals surface area contributed by atoms with Crippen LogP contribution in [0.4, 0.5) is 0 Å². The monoisotopic (exact) mass is 292 g/mol. The Labute approximate surface area is 123 Å². The van der Waals surface area contributed by atoms with E-state index in [-0.39, 0.29) is 6.04 Å². The van der Waals surface area contributed by atoms with E-state index in [1.165, 1.54) is 0 Å². The van der Waals surface area contributed by atoms with Crippen LogP contribution in [0.1, 0.15) is 18.7 Å². The van der Waals surface area contributed by atoms with Crippen LogP contribution in [-0.2, 0) is 11.3 Å². The third-order valence-corrected chi connectivity index (χ3v) is 3.94. The van der Waals surface area contributed by atoms with Gasteiger partial charge in [0.1, 0.15) is 0 Å². The van der Waals surface area contributed by atoms with Crippen molar-refractivity contribution in [3.63, 3.8) is 0 Å². The first-order valence-electron chi connectivity index (χ1n) is 7.13. The lowest BCUT2D eigenvalue weighted by atomic mass is 9.99. The van der Waals surface area contributed by atoms with Crippen LogP contribution in [0.15, 0.2) is 27.3 Å². The second-order valence-corrected chi connectivity index (χ2v) is 5.24. The van der Waals surface area contributed by atoms with Crippen molar-refractivity contribution in [2.45, 2.75) is 31.5 Å². The molecule has 0 aromatic carbocycles. The summed E-state index contributed by atoms with van der Waals surface area (Å²) in [6.45, 7) is 2.15. The Kier molecular flexibility index (Phi) is 4.33. The minimum absolute atomic E-state index is 0.286. The first-order valence-corrected chi connectivity index (χ1v) is 7.13. The quantitative estimate of drug-likeness (QED) is 0.887. The third-order valence-electron chi connectivity index (χ3n) is 3.94. The van der Waals surface area contributed by atoms with Crippen molar-refractivity contribution < 1.29 is 13.7 Å². The topological polar surface area (TPSA) is 90.5 Å². The molecule has 0 aliphatic carbocycles. The van der Waals surface area contributed by atoms with E-state index in [9.17, 15) is 0 Å². The number of methoxy groups -OCH3 is 1. The van der Waals surface area contributed by atoms with Gasteiger partial charge in [-0.25, -0.2) is 0 Å². The van der Waals surface area contributed by atoms with Gasteiger partial charge in [0.15, 0.2) is 11.6 Å². The molecule has 21 heavy (non-hydrogen) atoms. The van der Waals surface area contributed by atoms with E-state index in [4.69, 9.17) is 19.4 Å². The summed E-state index contributed by atoms with van der Waals surface area (Å²) in [7, 11) is 1.75. The van der Waals surface area contributed by atoms with E-state index < -0.39 is 0 Å². The van der Waals surface area contributed by atoms with Gasteiger partial charge < -0.3 is 19.4 Å². The average molecular weight is 292 g/mol. The molecule has 0 amide bonds. The zero-order valence-electron chi connectivity index (χ0n) is 12.1. The first-order chi connectivity index (χ1) is 10.3. The van der Waals surface area contributed by atoms with Gasteiger partial charge in [0.25, 0.3) is 5.89 Å². The highest BCUT2D eigenvalue weighted by molar-refractivity contribution is 5.42. The molecule has 7 heteroatoms. The maximum atomic E-state index is 5.87. The Morgan fingerprint density at radius 1 is 1.52 bits per heavy atom. The van der Waals surface area contributed by atoms with E-state index >= 15 is 0 Å². The van der Waals surface area contributed by atoms with E-state index in [0.717, 1.165) is 19.4 Å². The normalized spacial score (nSPS) is 23.5. The molecule has 2 atom stereocenters. The molecule has 1 fully saturated rings. The number of furan rings is 1. The number of nitrogens with zero attached hydrogens (tertiary/aromatic N) is 3. The molecule has 3 heterocycles. The van der Waals surface area contributed by atoms with Gasteiger partial charge in [-0.2, -0.15) is 4.98 Å². The zero-order chi connectivity index (χ0) is 14.7. The number of hydrogen-bond donors (Lipinski definition) is 1. The minimum Gasteiger partial charge on any atom is -0.459 e. The molecule has 1 aliphatic rings. The summed E-state index contributed by atoms with van der Waals surface area (Å²) in [4.78, 5) is 6.65. The molecule has 0 spiro atoms. The number of hydrogen-bond acceptors (Lipinski definition) is 7. The first kappa shape index (κ1) is 14.2. The van der Waals surface area contributed by atoms with Gasteiger partial charge in [-0.1, -0.05) is 5.16 Å².